The van der Waals surface area contributed by atoms with Gasteiger partial charge in [-0.1, -0.05) is 0 Å². The summed E-state index contributed by atoms with van der Waals surface area (Å²) in [5.41, 5.74) is 5.42. The van der Waals surface area contributed by atoms with Crippen LogP contribution in [-0.4, -0.2) is 58.3 Å². The van der Waals surface area contributed by atoms with Gasteiger partial charge in [0.05, 0.1) is 50.0 Å². The molecule has 35 heavy (non-hydrogen) atoms. The molecule has 198 valence electrons. The van der Waals surface area contributed by atoms with Crippen molar-refractivity contribution in [2.24, 2.45) is 5.50 Å². The summed E-state index contributed by atoms with van der Waals surface area (Å²) in [7, 11) is -3.57. The monoisotopic (exact) mass is 533 g/mol. The fourth-order valence-electron chi connectivity index (χ4n) is 2.88. The van der Waals surface area contributed by atoms with Crippen molar-refractivity contribution in [1.29, 1.82) is 5.26 Å². The highest BCUT2D eigenvalue weighted by atomic mass is 31.2. The van der Waals surface area contributed by atoms with E-state index in [1.807, 2.05) is 27.7 Å². The number of hydrogen-bond acceptors (Lipinski definition) is 11. The van der Waals surface area contributed by atoms with Crippen LogP contribution < -0.4 is 5.50 Å². The van der Waals surface area contributed by atoms with E-state index < -0.39 is 29.0 Å². The van der Waals surface area contributed by atoms with Gasteiger partial charge in [0, 0.05) is 12.1 Å². The van der Waals surface area contributed by atoms with Crippen molar-refractivity contribution in [3.8, 4) is 6.07 Å². The van der Waals surface area contributed by atoms with E-state index >= 15 is 0 Å². The van der Waals surface area contributed by atoms with Gasteiger partial charge in [0.2, 0.25) is 8.53 Å². The number of rotatable bonds is 13. The molecule has 0 aliphatic rings. The van der Waals surface area contributed by atoms with Gasteiger partial charge in [-0.25, -0.2) is 14.3 Å². The Balaban J connectivity index is 0.00000267. The number of hydrogen-bond donors (Lipinski definition) is 3. The number of nitriles is 1. The predicted molar refractivity (Wildman–Crippen MR) is 134 cm³/mol. The Bertz CT molecular complexity index is 771. The minimum absolute atomic E-state index is 0.119. The molecule has 0 amide bonds. The highest BCUT2D eigenvalue weighted by molar-refractivity contribution is 7.44. The molecular formula is C22H37N3O8P2. The maximum atomic E-state index is 12.3. The first-order valence-electron chi connectivity index (χ1n) is 11.1. The van der Waals surface area contributed by atoms with E-state index in [0.717, 1.165) is 0 Å². The number of ether oxygens (including phenoxy) is 2. The summed E-state index contributed by atoms with van der Waals surface area (Å²) in [4.78, 5) is 39.4. The van der Waals surface area contributed by atoms with Crippen LogP contribution in [0.15, 0.2) is 18.2 Å². The Hall–Kier alpha value is -1.73. The Kier molecular flexibility index (Phi) is 17.6. The lowest BCUT2D eigenvalue weighted by molar-refractivity contribution is 0.0525. The highest BCUT2D eigenvalue weighted by Gasteiger charge is 2.27. The molecule has 1 aromatic rings. The Morgan fingerprint density at radius 2 is 1.46 bits per heavy atom. The van der Waals surface area contributed by atoms with E-state index in [4.69, 9.17) is 33.6 Å². The Morgan fingerprint density at radius 3 is 1.83 bits per heavy atom. The number of esters is 2. The molecule has 0 aliphatic heterocycles. The molecule has 11 nitrogen and oxygen atoms in total. The van der Waals surface area contributed by atoms with E-state index in [1.165, 1.54) is 6.07 Å². The van der Waals surface area contributed by atoms with Crippen LogP contribution in [0.5, 0.6) is 0 Å². The van der Waals surface area contributed by atoms with Gasteiger partial charge in [-0.2, -0.15) is 5.26 Å². The second-order valence-corrected chi connectivity index (χ2v) is 9.59. The smallest absolute Gasteiger partial charge is 0.338 e. The van der Waals surface area contributed by atoms with Crippen molar-refractivity contribution in [3.05, 3.63) is 34.9 Å². The van der Waals surface area contributed by atoms with Crippen molar-refractivity contribution in [3.63, 3.8) is 0 Å². The zero-order valence-corrected chi connectivity index (χ0v) is 22.9. The van der Waals surface area contributed by atoms with Gasteiger partial charge in [-0.3, -0.25) is 5.50 Å². The van der Waals surface area contributed by atoms with E-state index in [0.29, 0.717) is 5.56 Å². The summed E-state index contributed by atoms with van der Waals surface area (Å²) in [6, 6.07) is 7.12. The average molecular weight is 533 g/mol. The zero-order chi connectivity index (χ0) is 27.0. The van der Waals surface area contributed by atoms with Crippen molar-refractivity contribution in [2.75, 3.05) is 19.8 Å². The van der Waals surface area contributed by atoms with Crippen molar-refractivity contribution >= 4 is 29.0 Å². The SMILES string of the molecule is CCOC(=O)c1cc(COP(OCCC#N)N(C(C)C)C(C)C)cc(C(=O)OCC)c1.NP(O)O. The summed E-state index contributed by atoms with van der Waals surface area (Å²) in [5, 5.41) is 8.83. The topological polar surface area (TPSA) is 165 Å². The minimum atomic E-state index is -2.12. The first-order valence-corrected chi connectivity index (χ1v) is 13.5. The van der Waals surface area contributed by atoms with Crippen LogP contribution >= 0.6 is 17.1 Å². The maximum Gasteiger partial charge on any atom is 0.338 e. The Morgan fingerprint density at radius 1 is 1.00 bits per heavy atom. The van der Waals surface area contributed by atoms with E-state index in [2.05, 4.69) is 16.2 Å². The molecule has 0 saturated carbocycles. The molecule has 1 aromatic carbocycles. The number of nitrogens with zero attached hydrogens (tertiary/aromatic N) is 2. The first-order chi connectivity index (χ1) is 16.5. The van der Waals surface area contributed by atoms with Crippen molar-refractivity contribution in [1.82, 2.24) is 4.67 Å². The molecule has 0 saturated heterocycles. The molecule has 13 heteroatoms. The molecule has 0 aliphatic carbocycles. The molecule has 0 radical (unpaired) electrons. The second kappa shape index (κ2) is 18.5. The molecule has 0 fully saturated rings. The van der Waals surface area contributed by atoms with Gasteiger partial charge < -0.3 is 28.3 Å². The fourth-order valence-corrected chi connectivity index (χ4v) is 4.49. The maximum absolute atomic E-state index is 12.3. The molecule has 0 heterocycles. The lowest BCUT2D eigenvalue weighted by Gasteiger charge is -2.35. The van der Waals surface area contributed by atoms with Gasteiger partial charge in [-0.05, 0) is 65.3 Å². The third kappa shape index (κ3) is 13.8. The van der Waals surface area contributed by atoms with Crippen LogP contribution in [0.2, 0.25) is 0 Å². The van der Waals surface area contributed by atoms with E-state index in [1.54, 1.807) is 26.0 Å². The highest BCUT2D eigenvalue weighted by Crippen LogP contribution is 2.46. The minimum Gasteiger partial charge on any atom is -0.462 e. The molecule has 1 rings (SSSR count). The molecule has 0 spiro atoms. The molecule has 0 aromatic heterocycles. The van der Waals surface area contributed by atoms with E-state index in [-0.39, 0.29) is 56.1 Å². The molecule has 1 unspecified atom stereocenters. The van der Waals surface area contributed by atoms with Crippen LogP contribution in [0, 0.1) is 11.3 Å². The number of carbonyl (C=O) groups excluding carboxylic acids is 2. The summed E-state index contributed by atoms with van der Waals surface area (Å²) < 4.78 is 24.3. The van der Waals surface area contributed by atoms with Gasteiger partial charge in [-0.15, -0.1) is 0 Å². The number of benzene rings is 1. The third-order valence-electron chi connectivity index (χ3n) is 4.02. The standard InChI is InChI=1S/C22H33N2O6P.H4NO2P/c1-7-27-21(25)19-12-18(13-20(14-19)22(26)28-8-2)15-30-31(29-11-9-10-23)24(16(3)4)17(5)6;1-4(2)3/h12-14,16-17H,7-9,11,15H2,1-6H3;2-3H,1H2. The molecular weight excluding hydrogens is 496 g/mol. The third-order valence-corrected chi connectivity index (χ3v) is 6.07. The summed E-state index contributed by atoms with van der Waals surface area (Å²) >= 11 is 0. The molecule has 0 bridgehead atoms. The quantitative estimate of drug-likeness (QED) is 0.191. The largest absolute Gasteiger partial charge is 0.462 e. The van der Waals surface area contributed by atoms with Crippen LogP contribution in [0.1, 0.15) is 74.2 Å². The second-order valence-electron chi connectivity index (χ2n) is 7.50. The fraction of sp³-hybridized carbons (Fsp3) is 0.591. The lowest BCUT2D eigenvalue weighted by Crippen LogP contribution is -2.33. The van der Waals surface area contributed by atoms with Crippen molar-refractivity contribution < 1.29 is 37.9 Å². The molecule has 1 atom stereocenters. The van der Waals surface area contributed by atoms with Gasteiger partial charge in [0.25, 0.3) is 8.53 Å². The summed E-state index contributed by atoms with van der Waals surface area (Å²) in [6.07, 6.45) is 0.261. The summed E-state index contributed by atoms with van der Waals surface area (Å²) in [5.74, 6) is -1.04. The van der Waals surface area contributed by atoms with Crippen LogP contribution in [-0.2, 0) is 25.1 Å². The van der Waals surface area contributed by atoms with Crippen LogP contribution in [0.25, 0.3) is 0 Å². The normalized spacial score (nSPS) is 11.8. The molecule has 4 N–H and O–H groups in total. The van der Waals surface area contributed by atoms with Gasteiger partial charge in [0.1, 0.15) is 0 Å². The lowest BCUT2D eigenvalue weighted by atomic mass is 10.1. The van der Waals surface area contributed by atoms with E-state index in [9.17, 15) is 9.59 Å². The average Bonchev–Trinajstić information content (AvgIpc) is 2.76. The number of nitrogens with two attached hydrogens (primary N) is 1. The van der Waals surface area contributed by atoms with Gasteiger partial charge >= 0.3 is 11.9 Å². The Labute approximate surface area is 210 Å². The number of carbonyl (C=O) groups is 2. The zero-order valence-electron chi connectivity index (χ0n) is 21.1. The first kappa shape index (κ1) is 33.3. The van der Waals surface area contributed by atoms with Crippen LogP contribution in [0.3, 0.4) is 0 Å². The van der Waals surface area contributed by atoms with Gasteiger partial charge in [0.15, 0.2) is 0 Å². The van der Waals surface area contributed by atoms with Crippen LogP contribution in [0.4, 0.5) is 0 Å². The van der Waals surface area contributed by atoms with Crippen molar-refractivity contribution in [2.45, 2.75) is 66.7 Å². The summed E-state index contributed by atoms with van der Waals surface area (Å²) in [6.45, 7) is 12.5. The predicted octanol–water partition coefficient (Wildman–Crippen LogP) is 3.99.